The molecule has 0 bridgehead atoms. The van der Waals surface area contributed by atoms with Gasteiger partial charge in [-0.3, -0.25) is 4.79 Å². The fraction of sp³-hybridized carbons (Fsp3) is 0.917. The predicted octanol–water partition coefficient (Wildman–Crippen LogP) is 0.703. The van der Waals surface area contributed by atoms with Crippen LogP contribution < -0.4 is 5.14 Å². The fourth-order valence-electron chi connectivity index (χ4n) is 3.06. The van der Waals surface area contributed by atoms with E-state index in [0.717, 1.165) is 4.31 Å². The van der Waals surface area contributed by atoms with Crippen molar-refractivity contribution in [3.63, 3.8) is 0 Å². The van der Waals surface area contributed by atoms with Crippen molar-refractivity contribution in [1.29, 1.82) is 0 Å². The highest BCUT2D eigenvalue weighted by molar-refractivity contribution is 7.86. The number of halogens is 3. The van der Waals surface area contributed by atoms with Gasteiger partial charge in [-0.2, -0.15) is 25.9 Å². The van der Waals surface area contributed by atoms with E-state index in [4.69, 9.17) is 5.14 Å². The number of hydrogen-bond acceptors (Lipinski definition) is 3. The van der Waals surface area contributed by atoms with Crippen LogP contribution in [0.5, 0.6) is 0 Å². The van der Waals surface area contributed by atoms with E-state index in [1.807, 2.05) is 0 Å². The molecular weight excluding hydrogens is 323 g/mol. The van der Waals surface area contributed by atoms with E-state index < -0.39 is 28.2 Å². The van der Waals surface area contributed by atoms with Crippen LogP contribution in [0.25, 0.3) is 0 Å². The summed E-state index contributed by atoms with van der Waals surface area (Å²) in [6.07, 6.45) is -3.30. The minimum Gasteiger partial charge on any atom is -0.342 e. The van der Waals surface area contributed by atoms with Crippen LogP contribution in [0.15, 0.2) is 0 Å². The van der Waals surface area contributed by atoms with Gasteiger partial charge in [-0.15, -0.1) is 0 Å². The normalized spacial score (nSPS) is 26.2. The number of nitrogens with two attached hydrogens (primary N) is 1. The first-order valence-corrected chi connectivity index (χ1v) is 8.72. The van der Waals surface area contributed by atoms with Gasteiger partial charge in [-0.25, -0.2) is 5.14 Å². The molecule has 2 heterocycles. The van der Waals surface area contributed by atoms with E-state index in [-0.39, 0.29) is 32.0 Å². The number of amides is 1. The van der Waals surface area contributed by atoms with Crippen molar-refractivity contribution in [3.8, 4) is 0 Å². The maximum Gasteiger partial charge on any atom is 0.393 e. The summed E-state index contributed by atoms with van der Waals surface area (Å²) in [6, 6.07) is 0. The maximum atomic E-state index is 12.8. The molecule has 0 aromatic rings. The van der Waals surface area contributed by atoms with Crippen molar-refractivity contribution in [2.75, 3.05) is 26.2 Å². The Morgan fingerprint density at radius 3 is 2.18 bits per heavy atom. The average molecular weight is 343 g/mol. The Kier molecular flexibility index (Phi) is 5.03. The molecule has 0 aliphatic carbocycles. The van der Waals surface area contributed by atoms with E-state index in [0.29, 0.717) is 25.8 Å². The van der Waals surface area contributed by atoms with Gasteiger partial charge < -0.3 is 4.90 Å². The number of likely N-dealkylation sites (tertiary alicyclic amines) is 1. The molecule has 0 spiro atoms. The van der Waals surface area contributed by atoms with Gasteiger partial charge in [-0.05, 0) is 25.7 Å². The maximum absolute atomic E-state index is 12.8. The van der Waals surface area contributed by atoms with Crippen molar-refractivity contribution >= 4 is 16.1 Å². The highest BCUT2D eigenvalue weighted by atomic mass is 32.2. The van der Waals surface area contributed by atoms with Gasteiger partial charge in [0.1, 0.15) is 0 Å². The number of piperidine rings is 2. The molecule has 1 unspecified atom stereocenters. The van der Waals surface area contributed by atoms with Crippen molar-refractivity contribution in [2.24, 2.45) is 17.0 Å². The first-order chi connectivity index (χ1) is 10.1. The van der Waals surface area contributed by atoms with Crippen LogP contribution in [-0.2, 0) is 15.0 Å². The Bertz CT molecular complexity index is 515. The highest BCUT2D eigenvalue weighted by Crippen LogP contribution is 2.34. The number of alkyl halides is 3. The molecule has 0 aromatic heterocycles. The molecule has 2 saturated heterocycles. The molecule has 2 aliphatic heterocycles. The molecule has 2 aliphatic rings. The van der Waals surface area contributed by atoms with Crippen LogP contribution in [0, 0.1) is 11.8 Å². The number of rotatable bonds is 2. The molecule has 2 rings (SSSR count). The molecule has 1 atom stereocenters. The van der Waals surface area contributed by atoms with Gasteiger partial charge in [-0.1, -0.05) is 0 Å². The molecule has 22 heavy (non-hydrogen) atoms. The number of hydrogen-bond donors (Lipinski definition) is 1. The van der Waals surface area contributed by atoms with E-state index in [1.165, 1.54) is 4.90 Å². The topological polar surface area (TPSA) is 83.7 Å². The molecule has 0 saturated carbocycles. The fourth-order valence-corrected chi connectivity index (χ4v) is 3.78. The van der Waals surface area contributed by atoms with E-state index in [1.54, 1.807) is 0 Å². The highest BCUT2D eigenvalue weighted by Gasteiger charge is 2.43. The average Bonchev–Trinajstić information content (AvgIpc) is 2.45. The third-order valence-corrected chi connectivity index (χ3v) is 5.44. The molecule has 2 fully saturated rings. The third-order valence-electron chi connectivity index (χ3n) is 4.36. The Balaban J connectivity index is 1.93. The van der Waals surface area contributed by atoms with Crippen molar-refractivity contribution in [1.82, 2.24) is 9.21 Å². The Labute approximate surface area is 127 Å². The summed E-state index contributed by atoms with van der Waals surface area (Å²) in [7, 11) is -3.77. The van der Waals surface area contributed by atoms with Gasteiger partial charge in [0, 0.05) is 32.1 Å². The van der Waals surface area contributed by atoms with Crippen LogP contribution in [-0.4, -0.2) is 55.9 Å². The lowest BCUT2D eigenvalue weighted by Gasteiger charge is -2.37. The monoisotopic (exact) mass is 343 g/mol. The summed E-state index contributed by atoms with van der Waals surface area (Å²) in [6.45, 7) is 0.302. The summed E-state index contributed by atoms with van der Waals surface area (Å²) >= 11 is 0. The Morgan fingerprint density at radius 2 is 1.68 bits per heavy atom. The Morgan fingerprint density at radius 1 is 1.09 bits per heavy atom. The lowest BCUT2D eigenvalue weighted by Crippen LogP contribution is -2.49. The van der Waals surface area contributed by atoms with Crippen LogP contribution >= 0.6 is 0 Å². The molecule has 10 heteroatoms. The first-order valence-electron chi connectivity index (χ1n) is 7.22. The summed E-state index contributed by atoms with van der Waals surface area (Å²) in [4.78, 5) is 13.6. The van der Waals surface area contributed by atoms with Gasteiger partial charge in [0.25, 0.3) is 10.2 Å². The third kappa shape index (κ3) is 4.11. The smallest absolute Gasteiger partial charge is 0.342 e. The molecular formula is C12H20F3N3O3S. The van der Waals surface area contributed by atoms with Crippen LogP contribution in [0.1, 0.15) is 25.7 Å². The zero-order valence-corrected chi connectivity index (χ0v) is 12.9. The standard InChI is InChI=1S/C12H20F3N3O3S/c13-12(14,15)10-2-1-5-17(8-10)11(19)9-3-6-18(7-4-9)22(16,20)21/h9-10H,1-8H2,(H2,16,20,21). The van der Waals surface area contributed by atoms with Crippen molar-refractivity contribution in [2.45, 2.75) is 31.9 Å². The predicted molar refractivity (Wildman–Crippen MR) is 72.8 cm³/mol. The number of carbonyl (C=O) groups excluding carboxylic acids is 1. The van der Waals surface area contributed by atoms with Gasteiger partial charge in [0.15, 0.2) is 0 Å². The van der Waals surface area contributed by atoms with Crippen LogP contribution in [0.4, 0.5) is 13.2 Å². The lowest BCUT2D eigenvalue weighted by molar-refractivity contribution is -0.188. The number of carbonyl (C=O) groups is 1. The minimum absolute atomic E-state index is 0.0527. The summed E-state index contributed by atoms with van der Waals surface area (Å²) in [5.74, 6) is -2.19. The second-order valence-electron chi connectivity index (χ2n) is 5.88. The first kappa shape index (κ1) is 17.5. The summed E-state index contributed by atoms with van der Waals surface area (Å²) in [5.41, 5.74) is 0. The molecule has 0 radical (unpaired) electrons. The van der Waals surface area contributed by atoms with Crippen molar-refractivity contribution < 1.29 is 26.4 Å². The lowest BCUT2D eigenvalue weighted by atomic mass is 9.92. The second-order valence-corrected chi connectivity index (χ2v) is 7.43. The van der Waals surface area contributed by atoms with Crippen molar-refractivity contribution in [3.05, 3.63) is 0 Å². The zero-order valence-electron chi connectivity index (χ0n) is 12.1. The van der Waals surface area contributed by atoms with Gasteiger partial charge in [0.2, 0.25) is 5.91 Å². The number of nitrogens with zero attached hydrogens (tertiary/aromatic N) is 2. The summed E-state index contributed by atoms with van der Waals surface area (Å²) in [5, 5.41) is 5.02. The van der Waals surface area contributed by atoms with Crippen LogP contribution in [0.2, 0.25) is 0 Å². The second kappa shape index (κ2) is 6.32. The van der Waals surface area contributed by atoms with E-state index >= 15 is 0 Å². The SMILES string of the molecule is NS(=O)(=O)N1CCC(C(=O)N2CCCC(C(F)(F)F)C2)CC1. The largest absolute Gasteiger partial charge is 0.393 e. The summed E-state index contributed by atoms with van der Waals surface area (Å²) < 4.78 is 61.8. The van der Waals surface area contributed by atoms with Gasteiger partial charge >= 0.3 is 6.18 Å². The van der Waals surface area contributed by atoms with E-state index in [2.05, 4.69) is 0 Å². The quantitative estimate of drug-likeness (QED) is 0.801. The molecule has 1 amide bonds. The zero-order chi connectivity index (χ0) is 16.5. The molecule has 128 valence electrons. The molecule has 2 N–H and O–H groups in total. The van der Waals surface area contributed by atoms with Gasteiger partial charge in [0.05, 0.1) is 5.92 Å². The van der Waals surface area contributed by atoms with Crippen LogP contribution in [0.3, 0.4) is 0 Å². The molecule has 0 aromatic carbocycles. The Hall–Kier alpha value is -0.870. The van der Waals surface area contributed by atoms with E-state index in [9.17, 15) is 26.4 Å². The molecule has 6 nitrogen and oxygen atoms in total. The minimum atomic E-state index is -4.28.